The maximum absolute atomic E-state index is 12.9. The van der Waals surface area contributed by atoms with Crippen LogP contribution >= 0.6 is 0 Å². The smallest absolute Gasteiger partial charge is 0.305 e. The van der Waals surface area contributed by atoms with Crippen LogP contribution in [0.4, 0.5) is 5.69 Å². The number of carboxylic acid groups (broad SMARTS) is 1. The molecule has 0 aliphatic carbocycles. The average molecular weight is 339 g/mol. The summed E-state index contributed by atoms with van der Waals surface area (Å²) < 4.78 is 33.3. The molecule has 0 aliphatic heterocycles. The Morgan fingerprint density at radius 3 is 2.65 bits per heavy atom. The molecule has 1 heterocycles. The van der Waals surface area contributed by atoms with Crippen molar-refractivity contribution in [2.24, 2.45) is 7.05 Å². The number of hydrogen-bond donors (Lipinski definition) is 1. The van der Waals surface area contributed by atoms with Gasteiger partial charge in [-0.15, -0.1) is 0 Å². The van der Waals surface area contributed by atoms with Gasteiger partial charge in [0, 0.05) is 19.8 Å². The zero-order valence-electron chi connectivity index (χ0n) is 12.7. The van der Waals surface area contributed by atoms with Crippen molar-refractivity contribution in [1.82, 2.24) is 9.78 Å². The standard InChI is InChI=1S/C14H17N3O5S/c1-16-10-11(9-15-16)23(20,21)17(8-7-14(18)19)12-5-3-4-6-13(12)22-2/h3-6,9-10H,7-8H2,1-2H3,(H,18,19). The molecule has 0 atom stereocenters. The third-order valence-electron chi connectivity index (χ3n) is 3.15. The number of para-hydroxylation sites is 2. The quantitative estimate of drug-likeness (QED) is 0.810. The molecule has 1 aromatic carbocycles. The molecule has 0 unspecified atom stereocenters. The summed E-state index contributed by atoms with van der Waals surface area (Å²) in [4.78, 5) is 10.9. The van der Waals surface area contributed by atoms with Crippen LogP contribution in [0.15, 0.2) is 41.6 Å². The van der Waals surface area contributed by atoms with Crippen molar-refractivity contribution >= 4 is 21.7 Å². The first kappa shape index (κ1) is 16.8. The number of carbonyl (C=O) groups is 1. The van der Waals surface area contributed by atoms with Gasteiger partial charge in [0.25, 0.3) is 10.0 Å². The van der Waals surface area contributed by atoms with Crippen LogP contribution in [-0.4, -0.2) is 42.9 Å². The fourth-order valence-corrected chi connectivity index (χ4v) is 3.52. The second kappa shape index (κ2) is 6.69. The van der Waals surface area contributed by atoms with Gasteiger partial charge in [-0.05, 0) is 12.1 Å². The monoisotopic (exact) mass is 339 g/mol. The summed E-state index contributed by atoms with van der Waals surface area (Å²) in [7, 11) is -0.932. The van der Waals surface area contributed by atoms with E-state index in [4.69, 9.17) is 9.84 Å². The number of aryl methyl sites for hydroxylation is 1. The highest BCUT2D eigenvalue weighted by Gasteiger charge is 2.28. The minimum Gasteiger partial charge on any atom is -0.495 e. The molecule has 9 heteroatoms. The topological polar surface area (TPSA) is 102 Å². The van der Waals surface area contributed by atoms with Crippen LogP contribution in [0.2, 0.25) is 0 Å². The second-order valence-electron chi connectivity index (χ2n) is 4.74. The molecule has 0 saturated carbocycles. The normalized spacial score (nSPS) is 11.2. The number of carboxylic acids is 1. The first-order valence-electron chi connectivity index (χ1n) is 6.72. The van der Waals surface area contributed by atoms with E-state index in [1.807, 2.05) is 0 Å². The largest absolute Gasteiger partial charge is 0.495 e. The predicted molar refractivity (Wildman–Crippen MR) is 83.0 cm³/mol. The van der Waals surface area contributed by atoms with Crippen LogP contribution in [0, 0.1) is 0 Å². The van der Waals surface area contributed by atoms with E-state index in [0.29, 0.717) is 5.75 Å². The Hall–Kier alpha value is -2.55. The van der Waals surface area contributed by atoms with E-state index >= 15 is 0 Å². The highest BCUT2D eigenvalue weighted by molar-refractivity contribution is 7.92. The molecule has 0 saturated heterocycles. The molecule has 1 N–H and O–H groups in total. The lowest BCUT2D eigenvalue weighted by Gasteiger charge is -2.24. The van der Waals surface area contributed by atoms with E-state index in [2.05, 4.69) is 5.10 Å². The zero-order valence-corrected chi connectivity index (χ0v) is 13.5. The molecule has 0 spiro atoms. The molecule has 23 heavy (non-hydrogen) atoms. The molecule has 2 rings (SSSR count). The minimum absolute atomic E-state index is 0.0173. The third kappa shape index (κ3) is 3.62. The van der Waals surface area contributed by atoms with E-state index in [9.17, 15) is 13.2 Å². The number of rotatable bonds is 7. The summed E-state index contributed by atoms with van der Waals surface area (Å²) in [5.74, 6) is -0.753. The maximum atomic E-state index is 12.9. The number of sulfonamides is 1. The lowest BCUT2D eigenvalue weighted by atomic mass is 10.3. The molecular weight excluding hydrogens is 322 g/mol. The SMILES string of the molecule is COc1ccccc1N(CCC(=O)O)S(=O)(=O)c1cnn(C)c1. The van der Waals surface area contributed by atoms with Gasteiger partial charge in [-0.3, -0.25) is 13.8 Å². The molecule has 8 nitrogen and oxygen atoms in total. The lowest BCUT2D eigenvalue weighted by molar-refractivity contribution is -0.136. The Morgan fingerprint density at radius 1 is 1.39 bits per heavy atom. The number of ether oxygens (including phenoxy) is 1. The fraction of sp³-hybridized carbons (Fsp3) is 0.286. The van der Waals surface area contributed by atoms with Crippen LogP contribution in [0.1, 0.15) is 6.42 Å². The Kier molecular flexibility index (Phi) is 4.89. The second-order valence-corrected chi connectivity index (χ2v) is 6.60. The summed E-state index contributed by atoms with van der Waals surface area (Å²) in [6.07, 6.45) is 2.24. The summed E-state index contributed by atoms with van der Waals surface area (Å²) in [5.41, 5.74) is 0.278. The van der Waals surface area contributed by atoms with Gasteiger partial charge in [0.05, 0.1) is 25.4 Å². The highest BCUT2D eigenvalue weighted by atomic mass is 32.2. The molecule has 0 amide bonds. The van der Waals surface area contributed by atoms with Gasteiger partial charge in [0.15, 0.2) is 0 Å². The number of aromatic nitrogens is 2. The molecule has 124 valence electrons. The minimum atomic E-state index is -3.95. The van der Waals surface area contributed by atoms with Gasteiger partial charge in [0.1, 0.15) is 10.6 Å². The molecule has 2 aromatic rings. The van der Waals surface area contributed by atoms with Crippen LogP contribution in [0.25, 0.3) is 0 Å². The zero-order chi connectivity index (χ0) is 17.0. The van der Waals surface area contributed by atoms with Gasteiger partial charge >= 0.3 is 5.97 Å². The van der Waals surface area contributed by atoms with Crippen LogP contribution in [0.3, 0.4) is 0 Å². The van der Waals surface area contributed by atoms with Gasteiger partial charge in [-0.2, -0.15) is 5.10 Å². The van der Waals surface area contributed by atoms with Gasteiger partial charge in [-0.25, -0.2) is 8.42 Å². The summed E-state index contributed by atoms with van der Waals surface area (Å²) in [6.45, 7) is -0.215. The van der Waals surface area contributed by atoms with E-state index in [1.54, 1.807) is 31.3 Å². The van der Waals surface area contributed by atoms with Crippen molar-refractivity contribution in [2.75, 3.05) is 18.0 Å². The van der Waals surface area contributed by atoms with Gasteiger partial charge in [-0.1, -0.05) is 12.1 Å². The molecule has 0 bridgehead atoms. The summed E-state index contributed by atoms with van der Waals surface area (Å²) in [6, 6.07) is 6.54. The number of anilines is 1. The molecule has 0 fully saturated rings. The number of hydrogen-bond acceptors (Lipinski definition) is 5. The average Bonchev–Trinajstić information content (AvgIpc) is 2.95. The van der Waals surface area contributed by atoms with Crippen LogP contribution in [0.5, 0.6) is 5.75 Å². The Labute approximate surface area is 134 Å². The van der Waals surface area contributed by atoms with Crippen molar-refractivity contribution in [3.63, 3.8) is 0 Å². The van der Waals surface area contributed by atoms with Crippen molar-refractivity contribution in [3.8, 4) is 5.75 Å². The van der Waals surface area contributed by atoms with E-state index in [0.717, 1.165) is 4.31 Å². The fourth-order valence-electron chi connectivity index (χ4n) is 2.06. The number of methoxy groups -OCH3 is 1. The third-order valence-corrected chi connectivity index (χ3v) is 4.92. The van der Waals surface area contributed by atoms with Crippen molar-refractivity contribution in [2.45, 2.75) is 11.3 Å². The number of nitrogens with zero attached hydrogens (tertiary/aromatic N) is 3. The first-order chi connectivity index (χ1) is 10.9. The maximum Gasteiger partial charge on any atom is 0.305 e. The molecule has 1 aromatic heterocycles. The predicted octanol–water partition coefficient (Wildman–Crippen LogP) is 1.10. The first-order valence-corrected chi connectivity index (χ1v) is 8.16. The van der Waals surface area contributed by atoms with Gasteiger partial charge < -0.3 is 9.84 Å². The van der Waals surface area contributed by atoms with E-state index in [-0.39, 0.29) is 23.5 Å². The Bertz CT molecular complexity index is 800. The van der Waals surface area contributed by atoms with Crippen molar-refractivity contribution < 1.29 is 23.1 Å². The summed E-state index contributed by atoms with van der Waals surface area (Å²) in [5, 5.41) is 12.8. The van der Waals surface area contributed by atoms with Crippen molar-refractivity contribution in [1.29, 1.82) is 0 Å². The number of aliphatic carboxylic acids is 1. The van der Waals surface area contributed by atoms with Crippen LogP contribution in [-0.2, 0) is 21.9 Å². The van der Waals surface area contributed by atoms with Crippen molar-refractivity contribution in [3.05, 3.63) is 36.7 Å². The summed E-state index contributed by atoms with van der Waals surface area (Å²) >= 11 is 0. The van der Waals surface area contributed by atoms with E-state index < -0.39 is 16.0 Å². The molecule has 0 aliphatic rings. The lowest BCUT2D eigenvalue weighted by Crippen LogP contribution is -2.33. The highest BCUT2D eigenvalue weighted by Crippen LogP contribution is 2.32. The number of benzene rings is 1. The van der Waals surface area contributed by atoms with Crippen LogP contribution < -0.4 is 9.04 Å². The Morgan fingerprint density at radius 2 is 2.09 bits per heavy atom. The Balaban J connectivity index is 2.51. The van der Waals surface area contributed by atoms with Gasteiger partial charge in [0.2, 0.25) is 0 Å². The van der Waals surface area contributed by atoms with E-state index in [1.165, 1.54) is 24.2 Å². The molecular formula is C14H17N3O5S. The molecule has 0 radical (unpaired) electrons.